The molecule has 0 spiro atoms. The summed E-state index contributed by atoms with van der Waals surface area (Å²) in [5, 5.41) is 31.5. The molecule has 360 valence electrons. The van der Waals surface area contributed by atoms with E-state index in [4.69, 9.17) is 32.4 Å². The number of pyridine rings is 2. The first-order chi connectivity index (χ1) is 31.5. The highest BCUT2D eigenvalue weighted by atomic mass is 31.3. The third-order valence-electron chi connectivity index (χ3n) is 9.16. The van der Waals surface area contributed by atoms with Gasteiger partial charge in [-0.25, -0.2) is 43.3 Å². The normalized spacial score (nSPS) is 24.5. The van der Waals surface area contributed by atoms with Crippen molar-refractivity contribution in [3.63, 3.8) is 0 Å². The molecule has 2 amide bonds. The van der Waals surface area contributed by atoms with E-state index in [1.165, 1.54) is 47.9 Å². The van der Waals surface area contributed by atoms with Crippen molar-refractivity contribution >= 4 is 69.2 Å². The average molecular weight is 1000 g/mol. The summed E-state index contributed by atoms with van der Waals surface area (Å²) in [4.78, 5) is 92.9. The number of amides is 2. The van der Waals surface area contributed by atoms with E-state index >= 15 is 0 Å². The predicted molar refractivity (Wildman–Crippen MR) is 217 cm³/mol. The van der Waals surface area contributed by atoms with E-state index in [2.05, 4.69) is 57.8 Å². The number of nitrogens with one attached hydrogen (secondary N) is 1. The molecular weight excluding hydrogens is 961 g/mol. The molecule has 10 atom stereocenters. The SMILES string of the molecule is NC(=O)c1ccc[n+]([C@@H]2O[C@H](COP(=O)([O-])OP(=O)(O)OC[C@H]3O[C@@H](n4cnc5c(N)ncnc54)[C@H](OP(=O)(O)O)[C@@H]3O)[C@@H](O)[C@H]2O)c1.NC(=O)c1cccnc1.Nc1ncnc2[nH]cnc12. The first kappa shape index (κ1) is 50.5. The number of rotatable bonds is 14. The van der Waals surface area contributed by atoms with E-state index in [0.717, 1.165) is 17.2 Å². The molecule has 0 radical (unpaired) electrons. The fraction of sp³-hybridized carbons (Fsp3) is 0.312. The fourth-order valence-electron chi connectivity index (χ4n) is 6.12. The van der Waals surface area contributed by atoms with Crippen LogP contribution in [0.4, 0.5) is 11.6 Å². The Balaban J connectivity index is 0.000000317. The van der Waals surface area contributed by atoms with Gasteiger partial charge in [-0.15, -0.1) is 0 Å². The molecule has 32 nitrogen and oxygen atoms in total. The topological polar surface area (TPSA) is 504 Å². The molecule has 6 aromatic heterocycles. The van der Waals surface area contributed by atoms with Gasteiger partial charge in [0.15, 0.2) is 47.7 Å². The maximum atomic E-state index is 12.5. The molecule has 15 N–H and O–H groups in total. The van der Waals surface area contributed by atoms with Crippen LogP contribution in [0.2, 0.25) is 0 Å². The van der Waals surface area contributed by atoms with E-state index in [9.17, 15) is 58.2 Å². The summed E-state index contributed by atoms with van der Waals surface area (Å²) in [6, 6.07) is 6.06. The summed E-state index contributed by atoms with van der Waals surface area (Å²) in [5.41, 5.74) is 23.2. The van der Waals surface area contributed by atoms with E-state index in [1.807, 2.05) is 0 Å². The van der Waals surface area contributed by atoms with Gasteiger partial charge in [-0.3, -0.25) is 32.8 Å². The number of H-pyrrole nitrogens is 1. The van der Waals surface area contributed by atoms with Crippen LogP contribution in [0.3, 0.4) is 0 Å². The number of phosphoric ester groups is 3. The number of primary amides is 2. The highest BCUT2D eigenvalue weighted by molar-refractivity contribution is 7.60. The minimum absolute atomic E-state index is 0.00541. The number of fused-ring (bicyclic) bond motifs is 2. The molecular formula is C32H39N14O18P3. The summed E-state index contributed by atoms with van der Waals surface area (Å²) < 4.78 is 67.9. The Morgan fingerprint density at radius 3 is 2.13 bits per heavy atom. The number of aromatic nitrogens is 10. The number of imidazole rings is 2. The summed E-state index contributed by atoms with van der Waals surface area (Å²) in [7, 11) is -16.6. The lowest BCUT2D eigenvalue weighted by atomic mass is 10.1. The number of nitrogens with two attached hydrogens (primary N) is 4. The molecule has 2 fully saturated rings. The van der Waals surface area contributed by atoms with Gasteiger partial charge in [0.05, 0.1) is 31.4 Å². The minimum Gasteiger partial charge on any atom is -0.756 e. The van der Waals surface area contributed by atoms with Gasteiger partial charge in [0.1, 0.15) is 59.8 Å². The van der Waals surface area contributed by atoms with Crippen molar-refractivity contribution in [2.45, 2.75) is 49.1 Å². The first-order valence-electron chi connectivity index (χ1n) is 18.6. The van der Waals surface area contributed by atoms with Crippen LogP contribution in [0.25, 0.3) is 22.3 Å². The number of carbonyl (C=O) groups excluding carboxylic acids is 2. The zero-order valence-electron chi connectivity index (χ0n) is 33.7. The lowest BCUT2D eigenvalue weighted by Crippen LogP contribution is -2.46. The van der Waals surface area contributed by atoms with Crippen molar-refractivity contribution in [2.24, 2.45) is 11.5 Å². The van der Waals surface area contributed by atoms with E-state index in [0.29, 0.717) is 22.5 Å². The summed E-state index contributed by atoms with van der Waals surface area (Å²) in [6.45, 7) is -2.12. The van der Waals surface area contributed by atoms with Crippen LogP contribution in [0.5, 0.6) is 0 Å². The number of aliphatic hydroxyl groups excluding tert-OH is 3. The van der Waals surface area contributed by atoms with Crippen LogP contribution >= 0.6 is 23.5 Å². The van der Waals surface area contributed by atoms with Crippen LogP contribution in [0.15, 0.2) is 74.4 Å². The average Bonchev–Trinajstić information content (AvgIpc) is 4.06. The Morgan fingerprint density at radius 2 is 1.49 bits per heavy atom. The maximum Gasteiger partial charge on any atom is 0.478 e. The van der Waals surface area contributed by atoms with Crippen molar-refractivity contribution in [3.8, 4) is 0 Å². The van der Waals surface area contributed by atoms with Crippen molar-refractivity contribution in [2.75, 3.05) is 24.7 Å². The molecule has 0 bridgehead atoms. The highest BCUT2D eigenvalue weighted by Gasteiger charge is 2.51. The van der Waals surface area contributed by atoms with Crippen molar-refractivity contribution in [3.05, 3.63) is 85.5 Å². The predicted octanol–water partition coefficient (Wildman–Crippen LogP) is -3.42. The third-order valence-corrected chi connectivity index (χ3v) is 12.2. The van der Waals surface area contributed by atoms with Crippen LogP contribution in [0.1, 0.15) is 33.2 Å². The molecule has 8 rings (SSSR count). The third kappa shape index (κ3) is 12.8. The monoisotopic (exact) mass is 1000 g/mol. The number of nitrogens with zero attached hydrogens (tertiary/aromatic N) is 9. The fourth-order valence-corrected chi connectivity index (χ4v) is 8.71. The molecule has 0 saturated carbocycles. The number of anilines is 2. The minimum atomic E-state index is -5.72. The molecule has 2 aliphatic heterocycles. The molecule has 8 heterocycles. The van der Waals surface area contributed by atoms with Gasteiger partial charge in [0, 0.05) is 18.5 Å². The van der Waals surface area contributed by atoms with Gasteiger partial charge in [0.2, 0.25) is 5.91 Å². The lowest BCUT2D eigenvalue weighted by Gasteiger charge is -2.26. The quantitative estimate of drug-likeness (QED) is 0.0374. The van der Waals surface area contributed by atoms with Gasteiger partial charge in [-0.05, 0) is 18.2 Å². The van der Waals surface area contributed by atoms with Gasteiger partial charge >= 0.3 is 15.6 Å². The number of hydrogen-bond acceptors (Lipinski definition) is 24. The number of phosphoric acid groups is 3. The number of ether oxygens (including phenoxy) is 2. The van der Waals surface area contributed by atoms with Crippen LogP contribution in [-0.4, -0.2) is 136 Å². The van der Waals surface area contributed by atoms with E-state index in [1.54, 1.807) is 18.3 Å². The second-order valence-corrected chi connectivity index (χ2v) is 17.9. The van der Waals surface area contributed by atoms with Crippen molar-refractivity contribution < 1.29 is 90.1 Å². The molecule has 2 saturated heterocycles. The van der Waals surface area contributed by atoms with E-state index in [-0.39, 0.29) is 22.5 Å². The zero-order chi connectivity index (χ0) is 48.8. The Kier molecular flexibility index (Phi) is 15.8. The van der Waals surface area contributed by atoms with Crippen molar-refractivity contribution in [1.82, 2.24) is 44.4 Å². The number of nitrogen functional groups attached to an aromatic ring is 2. The summed E-state index contributed by atoms with van der Waals surface area (Å²) >= 11 is 0. The molecule has 67 heavy (non-hydrogen) atoms. The maximum absolute atomic E-state index is 12.5. The number of aliphatic hydroxyl groups is 3. The Bertz CT molecular complexity index is 2840. The highest BCUT2D eigenvalue weighted by Crippen LogP contribution is 2.58. The molecule has 0 aromatic carbocycles. The van der Waals surface area contributed by atoms with Crippen LogP contribution < -0.4 is 32.4 Å². The van der Waals surface area contributed by atoms with Crippen LogP contribution in [0, 0.1) is 0 Å². The van der Waals surface area contributed by atoms with Gasteiger partial charge in [-0.2, -0.15) is 4.57 Å². The van der Waals surface area contributed by atoms with E-state index < -0.39 is 97.6 Å². The Morgan fingerprint density at radius 1 is 0.836 bits per heavy atom. The summed E-state index contributed by atoms with van der Waals surface area (Å²) in [5.74, 6) is -0.895. The second kappa shape index (κ2) is 21.0. The molecule has 35 heteroatoms. The largest absolute Gasteiger partial charge is 0.756 e. The van der Waals surface area contributed by atoms with Gasteiger partial charge < -0.3 is 76.8 Å². The second-order valence-electron chi connectivity index (χ2n) is 13.7. The molecule has 2 unspecified atom stereocenters. The number of aromatic amines is 1. The first-order valence-corrected chi connectivity index (χ1v) is 23.1. The summed E-state index contributed by atoms with van der Waals surface area (Å²) in [6.07, 6.45) is -2.64. The zero-order valence-corrected chi connectivity index (χ0v) is 36.4. The Hall–Kier alpha value is -5.89. The smallest absolute Gasteiger partial charge is 0.478 e. The standard InChI is InChI=1S/C21H28N7O17P3.C6H6N2O.C5H5N5/c22-17-12-19(25-7-24-17)28(8-26-12)21-16(44-46(33,34)35)14(30)11(43-21)6-41-48(38,39)45-47(36,37)40-5-10-13(29)15(31)20(42-10)27-3-1-2-9(4-27)18(23)32;7-6(9)5-2-1-3-8-4-5;6-4-3-5(9-1-7-3)10-2-8-4/h1-4,7-8,10-11,13-16,20-21,29-31H,5-6H2,(H7-,22,23,24,25,32,33,34,35,36,37,38,39);1-4H,(H2,7,9);1-2H,(H3,6,7,8,9,10)/t10-,11-,13-,14-,15-,16-,20-,21-;;/m1../s1. The van der Waals surface area contributed by atoms with Gasteiger partial charge in [0.25, 0.3) is 20.0 Å². The van der Waals surface area contributed by atoms with Gasteiger partial charge in [-0.1, -0.05) is 0 Å². The molecule has 0 aliphatic carbocycles. The number of carbonyl (C=O) groups is 2. The molecule has 6 aromatic rings. The molecule has 2 aliphatic rings. The number of hydrogen-bond donors (Lipinski definition) is 11. The van der Waals surface area contributed by atoms with Crippen molar-refractivity contribution in [1.29, 1.82) is 0 Å². The Labute approximate surface area is 374 Å². The lowest BCUT2D eigenvalue weighted by molar-refractivity contribution is -0.765. The van der Waals surface area contributed by atoms with Crippen LogP contribution in [-0.2, 0) is 41.1 Å².